The topological polar surface area (TPSA) is 66.4 Å². The summed E-state index contributed by atoms with van der Waals surface area (Å²) in [7, 11) is 0. The Morgan fingerprint density at radius 1 is 1.29 bits per heavy atom. The molecule has 0 heterocycles. The molecule has 17 heavy (non-hydrogen) atoms. The van der Waals surface area contributed by atoms with Gasteiger partial charge in [-0.25, -0.2) is 9.18 Å². The Hall–Kier alpha value is -1.91. The third kappa shape index (κ3) is 4.63. The summed E-state index contributed by atoms with van der Waals surface area (Å²) in [6, 6.07) is 7.88. The fourth-order valence-corrected chi connectivity index (χ4v) is 1.34. The van der Waals surface area contributed by atoms with Gasteiger partial charge in [-0.2, -0.15) is 0 Å². The van der Waals surface area contributed by atoms with Crippen LogP contribution in [0.1, 0.15) is 12.0 Å². The van der Waals surface area contributed by atoms with Crippen LogP contribution < -0.4 is 5.32 Å². The molecule has 1 unspecified atom stereocenters. The zero-order valence-electron chi connectivity index (χ0n) is 9.23. The Balaban J connectivity index is 2.37. The van der Waals surface area contributed by atoms with Gasteiger partial charge in [0.15, 0.2) is 6.04 Å². The highest BCUT2D eigenvalue weighted by atomic mass is 19.1. The second-order valence-corrected chi connectivity index (χ2v) is 3.60. The van der Waals surface area contributed by atoms with Crippen molar-refractivity contribution in [3.8, 4) is 0 Å². The number of benzene rings is 1. The number of carbonyl (C=O) groups excluding carboxylic acids is 1. The molecular formula is C12H14FNO3. The van der Waals surface area contributed by atoms with Crippen molar-refractivity contribution >= 4 is 11.9 Å². The van der Waals surface area contributed by atoms with Crippen LogP contribution in [-0.2, 0) is 16.0 Å². The first-order valence-electron chi connectivity index (χ1n) is 5.25. The van der Waals surface area contributed by atoms with Crippen LogP contribution >= 0.6 is 0 Å². The van der Waals surface area contributed by atoms with E-state index in [1.807, 2.05) is 30.3 Å². The number of hydrogen-bond donors (Lipinski definition) is 2. The molecule has 0 saturated heterocycles. The molecule has 2 N–H and O–H groups in total. The summed E-state index contributed by atoms with van der Waals surface area (Å²) in [6.07, 6.45) is 0.652. The first-order valence-corrected chi connectivity index (χ1v) is 5.25. The Labute approximate surface area is 98.5 Å². The first kappa shape index (κ1) is 13.2. The van der Waals surface area contributed by atoms with Gasteiger partial charge in [0.2, 0.25) is 5.91 Å². The highest BCUT2D eigenvalue weighted by molar-refractivity contribution is 5.83. The summed E-state index contributed by atoms with van der Waals surface area (Å²) in [6.45, 7) is -1.10. The zero-order chi connectivity index (χ0) is 12.7. The van der Waals surface area contributed by atoms with Crippen molar-refractivity contribution < 1.29 is 19.1 Å². The smallest absolute Gasteiger partial charge is 0.328 e. The van der Waals surface area contributed by atoms with Crippen molar-refractivity contribution in [2.24, 2.45) is 0 Å². The average Bonchev–Trinajstić information content (AvgIpc) is 2.34. The molecule has 1 rings (SSSR count). The highest BCUT2D eigenvalue weighted by Gasteiger charge is 2.18. The zero-order valence-corrected chi connectivity index (χ0v) is 9.23. The number of aryl methyl sites for hydroxylation is 1. The van der Waals surface area contributed by atoms with Gasteiger partial charge in [-0.3, -0.25) is 4.79 Å². The maximum absolute atomic E-state index is 12.2. The Morgan fingerprint density at radius 3 is 2.47 bits per heavy atom. The lowest BCUT2D eigenvalue weighted by Gasteiger charge is -2.10. The van der Waals surface area contributed by atoms with Gasteiger partial charge in [0, 0.05) is 6.42 Å². The summed E-state index contributed by atoms with van der Waals surface area (Å²) in [5, 5.41) is 10.7. The monoisotopic (exact) mass is 239 g/mol. The number of carboxylic acids is 1. The predicted octanol–water partition coefficient (Wildman–Crippen LogP) is 1.16. The molecular weight excluding hydrogens is 225 g/mol. The van der Waals surface area contributed by atoms with E-state index < -0.39 is 24.6 Å². The van der Waals surface area contributed by atoms with Gasteiger partial charge < -0.3 is 10.4 Å². The Kier molecular flexibility index (Phi) is 5.13. The lowest BCUT2D eigenvalue weighted by atomic mass is 10.1. The number of carboxylic acid groups (broad SMARTS) is 1. The third-order valence-electron chi connectivity index (χ3n) is 2.27. The third-order valence-corrected chi connectivity index (χ3v) is 2.27. The van der Waals surface area contributed by atoms with Gasteiger partial charge in [0.25, 0.3) is 0 Å². The van der Waals surface area contributed by atoms with E-state index in [4.69, 9.17) is 5.11 Å². The molecule has 0 aliphatic heterocycles. The summed E-state index contributed by atoms with van der Waals surface area (Å²) in [5.74, 6) is -1.82. The fraction of sp³-hybridized carbons (Fsp3) is 0.333. The lowest BCUT2D eigenvalue weighted by molar-refractivity contribution is -0.142. The van der Waals surface area contributed by atoms with Gasteiger partial charge in [-0.05, 0) is 12.0 Å². The molecule has 1 aromatic carbocycles. The Morgan fingerprint density at radius 2 is 1.94 bits per heavy atom. The van der Waals surface area contributed by atoms with Crippen molar-refractivity contribution in [2.45, 2.75) is 18.9 Å². The van der Waals surface area contributed by atoms with Crippen molar-refractivity contribution in [2.75, 3.05) is 6.67 Å². The van der Waals surface area contributed by atoms with Crippen LogP contribution in [0.5, 0.6) is 0 Å². The Bertz CT molecular complexity index is 381. The fourth-order valence-electron chi connectivity index (χ4n) is 1.34. The maximum Gasteiger partial charge on any atom is 0.328 e. The van der Waals surface area contributed by atoms with Gasteiger partial charge in [0.1, 0.15) is 6.67 Å². The van der Waals surface area contributed by atoms with Crippen molar-refractivity contribution in [3.05, 3.63) is 35.9 Å². The summed E-state index contributed by atoms with van der Waals surface area (Å²) < 4.78 is 12.2. The summed E-state index contributed by atoms with van der Waals surface area (Å²) in [5.41, 5.74) is 0.981. The summed E-state index contributed by atoms with van der Waals surface area (Å²) in [4.78, 5) is 21.8. The molecule has 0 aromatic heterocycles. The van der Waals surface area contributed by atoms with Crippen LogP contribution in [0.3, 0.4) is 0 Å². The van der Waals surface area contributed by atoms with Crippen LogP contribution in [0.25, 0.3) is 0 Å². The SMILES string of the molecule is O=C(CCc1ccccc1)NC(CF)C(=O)O. The molecule has 0 radical (unpaired) electrons. The largest absolute Gasteiger partial charge is 0.480 e. The van der Waals surface area contributed by atoms with Crippen molar-refractivity contribution in [1.29, 1.82) is 0 Å². The minimum absolute atomic E-state index is 0.147. The predicted molar refractivity (Wildman–Crippen MR) is 60.3 cm³/mol. The second kappa shape index (κ2) is 6.62. The molecule has 0 aliphatic rings. The highest BCUT2D eigenvalue weighted by Crippen LogP contribution is 2.02. The molecule has 1 aromatic rings. The quantitative estimate of drug-likeness (QED) is 0.782. The van der Waals surface area contributed by atoms with Crippen LogP contribution in [0, 0.1) is 0 Å². The van der Waals surface area contributed by atoms with Crippen LogP contribution in [0.2, 0.25) is 0 Å². The second-order valence-electron chi connectivity index (χ2n) is 3.60. The van der Waals surface area contributed by atoms with Crippen LogP contribution in [-0.4, -0.2) is 29.7 Å². The maximum atomic E-state index is 12.2. The van der Waals surface area contributed by atoms with E-state index >= 15 is 0 Å². The minimum Gasteiger partial charge on any atom is -0.480 e. The number of carbonyl (C=O) groups is 2. The lowest BCUT2D eigenvalue weighted by Crippen LogP contribution is -2.42. The summed E-state index contributed by atoms with van der Waals surface area (Å²) >= 11 is 0. The number of aliphatic carboxylic acids is 1. The number of hydrogen-bond acceptors (Lipinski definition) is 2. The molecule has 0 bridgehead atoms. The number of amides is 1. The first-order chi connectivity index (χ1) is 8.13. The standard InChI is InChI=1S/C12H14FNO3/c13-8-10(12(16)17)14-11(15)7-6-9-4-2-1-3-5-9/h1-5,10H,6-8H2,(H,14,15)(H,16,17). The molecule has 1 atom stereocenters. The van der Waals surface area contributed by atoms with Gasteiger partial charge in [0.05, 0.1) is 0 Å². The van der Waals surface area contributed by atoms with Gasteiger partial charge >= 0.3 is 5.97 Å². The van der Waals surface area contributed by atoms with E-state index in [-0.39, 0.29) is 6.42 Å². The van der Waals surface area contributed by atoms with Gasteiger partial charge in [-0.15, -0.1) is 0 Å². The normalized spacial score (nSPS) is 11.8. The molecule has 92 valence electrons. The molecule has 1 amide bonds. The van der Waals surface area contributed by atoms with E-state index in [2.05, 4.69) is 5.32 Å². The van der Waals surface area contributed by atoms with E-state index in [1.54, 1.807) is 0 Å². The van der Waals surface area contributed by atoms with Crippen molar-refractivity contribution in [3.63, 3.8) is 0 Å². The number of nitrogens with one attached hydrogen (secondary N) is 1. The minimum atomic E-state index is -1.45. The number of halogens is 1. The number of alkyl halides is 1. The van der Waals surface area contributed by atoms with Crippen LogP contribution in [0.4, 0.5) is 4.39 Å². The number of rotatable bonds is 6. The van der Waals surface area contributed by atoms with E-state index in [1.165, 1.54) is 0 Å². The van der Waals surface area contributed by atoms with Crippen molar-refractivity contribution in [1.82, 2.24) is 5.32 Å². The molecule has 0 aliphatic carbocycles. The molecule has 4 nitrogen and oxygen atoms in total. The molecule has 0 fully saturated rings. The molecule has 0 saturated carbocycles. The van der Waals surface area contributed by atoms with E-state index in [9.17, 15) is 14.0 Å². The average molecular weight is 239 g/mol. The van der Waals surface area contributed by atoms with Gasteiger partial charge in [-0.1, -0.05) is 30.3 Å². The van der Waals surface area contributed by atoms with E-state index in [0.29, 0.717) is 6.42 Å². The molecule has 5 heteroatoms. The van der Waals surface area contributed by atoms with E-state index in [0.717, 1.165) is 5.56 Å². The van der Waals surface area contributed by atoms with Crippen LogP contribution in [0.15, 0.2) is 30.3 Å². The molecule has 0 spiro atoms.